The Kier molecular flexibility index (Phi) is 4.43. The van der Waals surface area contributed by atoms with Crippen LogP contribution < -0.4 is 11.1 Å². The number of nitrogens with zero attached hydrogens (tertiary/aromatic N) is 6. The summed E-state index contributed by atoms with van der Waals surface area (Å²) < 4.78 is 3.89. The van der Waals surface area contributed by atoms with Crippen molar-refractivity contribution in [3.8, 4) is 0 Å². The molecule has 6 rings (SSSR count). The van der Waals surface area contributed by atoms with Crippen molar-refractivity contribution in [2.24, 2.45) is 7.05 Å². The molecule has 0 aliphatic carbocycles. The first-order chi connectivity index (χ1) is 16.2. The lowest BCUT2D eigenvalue weighted by molar-refractivity contribution is 0.712. The summed E-state index contributed by atoms with van der Waals surface area (Å²) in [6, 6.07) is 16.6. The lowest BCUT2D eigenvalue weighted by atomic mass is 10.1. The van der Waals surface area contributed by atoms with Crippen molar-refractivity contribution in [3.63, 3.8) is 0 Å². The Labute approximate surface area is 189 Å². The molecule has 4 heterocycles. The summed E-state index contributed by atoms with van der Waals surface area (Å²) in [4.78, 5) is 8.71. The highest BCUT2D eigenvalue weighted by Crippen LogP contribution is 2.24. The van der Waals surface area contributed by atoms with Crippen LogP contribution in [0, 0.1) is 0 Å². The van der Waals surface area contributed by atoms with Gasteiger partial charge in [-0.05, 0) is 46.8 Å². The first-order valence-corrected chi connectivity index (χ1v) is 10.7. The number of nitrogen functional groups attached to an aromatic ring is 1. The monoisotopic (exact) mass is 434 g/mol. The summed E-state index contributed by atoms with van der Waals surface area (Å²) in [6.45, 7) is 1.32. The molecule has 0 aliphatic rings. The minimum absolute atomic E-state index is 0.550. The van der Waals surface area contributed by atoms with Gasteiger partial charge in [-0.25, -0.2) is 9.97 Å². The number of aromatic nitrogens is 6. The number of nitrogens with one attached hydrogen (secondary N) is 1. The van der Waals surface area contributed by atoms with Crippen LogP contribution >= 0.6 is 0 Å². The van der Waals surface area contributed by atoms with E-state index >= 15 is 0 Å². The minimum Gasteiger partial charge on any atom is -0.383 e. The van der Waals surface area contributed by atoms with Crippen LogP contribution in [-0.4, -0.2) is 29.5 Å². The highest BCUT2D eigenvalue weighted by atomic mass is 15.3. The minimum atomic E-state index is 0.550. The van der Waals surface area contributed by atoms with Crippen molar-refractivity contribution in [3.05, 3.63) is 84.4 Å². The Hall–Kier alpha value is -4.46. The van der Waals surface area contributed by atoms with E-state index in [4.69, 9.17) is 5.73 Å². The van der Waals surface area contributed by atoms with E-state index in [9.17, 15) is 0 Å². The van der Waals surface area contributed by atoms with E-state index in [2.05, 4.69) is 55.8 Å². The predicted molar refractivity (Wildman–Crippen MR) is 131 cm³/mol. The first kappa shape index (κ1) is 19.2. The second kappa shape index (κ2) is 7.59. The lowest BCUT2D eigenvalue weighted by Crippen LogP contribution is -2.03. The van der Waals surface area contributed by atoms with E-state index in [0.717, 1.165) is 44.0 Å². The lowest BCUT2D eigenvalue weighted by Gasteiger charge is -2.09. The second-order valence-corrected chi connectivity index (χ2v) is 8.16. The Balaban J connectivity index is 1.25. The summed E-state index contributed by atoms with van der Waals surface area (Å²) in [5, 5.41) is 16.6. The van der Waals surface area contributed by atoms with E-state index in [1.165, 1.54) is 5.56 Å². The van der Waals surface area contributed by atoms with E-state index in [0.29, 0.717) is 18.9 Å². The van der Waals surface area contributed by atoms with Crippen LogP contribution in [0.5, 0.6) is 0 Å². The summed E-state index contributed by atoms with van der Waals surface area (Å²) in [6.07, 6.45) is 7.32. The largest absolute Gasteiger partial charge is 0.383 e. The summed E-state index contributed by atoms with van der Waals surface area (Å²) in [5.41, 5.74) is 10.4. The fourth-order valence-electron chi connectivity index (χ4n) is 4.30. The number of benzene rings is 2. The van der Waals surface area contributed by atoms with Crippen LogP contribution in [-0.2, 0) is 20.1 Å². The van der Waals surface area contributed by atoms with Crippen molar-refractivity contribution in [1.82, 2.24) is 29.5 Å². The van der Waals surface area contributed by atoms with Gasteiger partial charge >= 0.3 is 0 Å². The molecular weight excluding hydrogens is 412 g/mol. The van der Waals surface area contributed by atoms with Gasteiger partial charge in [-0.1, -0.05) is 18.2 Å². The number of anilines is 2. The van der Waals surface area contributed by atoms with Gasteiger partial charge in [-0.3, -0.25) is 9.36 Å². The number of hydrogen-bond acceptors (Lipinski definition) is 6. The van der Waals surface area contributed by atoms with Crippen molar-refractivity contribution in [2.45, 2.75) is 13.1 Å². The molecule has 0 spiro atoms. The van der Waals surface area contributed by atoms with Gasteiger partial charge in [-0.15, -0.1) is 0 Å². The zero-order valence-corrected chi connectivity index (χ0v) is 18.1. The quantitative estimate of drug-likeness (QED) is 0.424. The number of hydrogen-bond donors (Lipinski definition) is 2. The molecule has 2 aromatic carbocycles. The van der Waals surface area contributed by atoms with E-state index in [1.54, 1.807) is 6.20 Å². The average molecular weight is 435 g/mol. The zero-order chi connectivity index (χ0) is 22.4. The number of aryl methyl sites for hydroxylation is 1. The molecule has 0 atom stereocenters. The van der Waals surface area contributed by atoms with Crippen molar-refractivity contribution >= 4 is 44.2 Å². The van der Waals surface area contributed by atoms with Gasteiger partial charge in [0.1, 0.15) is 11.6 Å². The molecule has 0 fully saturated rings. The molecule has 6 aromatic rings. The third-order valence-corrected chi connectivity index (χ3v) is 6.03. The highest BCUT2D eigenvalue weighted by molar-refractivity contribution is 5.91. The maximum absolute atomic E-state index is 5.97. The summed E-state index contributed by atoms with van der Waals surface area (Å²) in [5.74, 6) is 1.37. The number of pyridine rings is 2. The van der Waals surface area contributed by atoms with Gasteiger partial charge in [0.25, 0.3) is 0 Å². The molecule has 33 heavy (non-hydrogen) atoms. The molecule has 0 aliphatic heterocycles. The van der Waals surface area contributed by atoms with Gasteiger partial charge < -0.3 is 11.1 Å². The fraction of sp³-hybridized carbons (Fsp3) is 0.120. The Morgan fingerprint density at radius 3 is 2.61 bits per heavy atom. The molecule has 8 heteroatoms. The van der Waals surface area contributed by atoms with Crippen LogP contribution in [0.1, 0.15) is 11.1 Å². The van der Waals surface area contributed by atoms with Gasteiger partial charge in [0.2, 0.25) is 0 Å². The maximum Gasteiger partial charge on any atom is 0.137 e. The first-order valence-electron chi connectivity index (χ1n) is 10.7. The Morgan fingerprint density at radius 2 is 1.67 bits per heavy atom. The van der Waals surface area contributed by atoms with Gasteiger partial charge in [0, 0.05) is 36.8 Å². The zero-order valence-electron chi connectivity index (χ0n) is 18.1. The van der Waals surface area contributed by atoms with E-state index in [-0.39, 0.29) is 0 Å². The molecule has 0 saturated carbocycles. The van der Waals surface area contributed by atoms with Crippen molar-refractivity contribution in [1.29, 1.82) is 0 Å². The highest BCUT2D eigenvalue weighted by Gasteiger charge is 2.10. The Morgan fingerprint density at radius 1 is 0.818 bits per heavy atom. The van der Waals surface area contributed by atoms with Crippen LogP contribution in [0.4, 0.5) is 11.6 Å². The normalized spacial score (nSPS) is 11.5. The van der Waals surface area contributed by atoms with Crippen LogP contribution in [0.3, 0.4) is 0 Å². The number of rotatable bonds is 5. The molecule has 0 amide bonds. The molecule has 0 saturated heterocycles. The second-order valence-electron chi connectivity index (χ2n) is 8.16. The number of nitrogens with two attached hydrogens (primary N) is 1. The number of fused-ring (bicyclic) bond motifs is 3. The van der Waals surface area contributed by atoms with Gasteiger partial charge in [0.05, 0.1) is 35.4 Å². The molecule has 162 valence electrons. The summed E-state index contributed by atoms with van der Waals surface area (Å²) >= 11 is 0. The average Bonchev–Trinajstić information content (AvgIpc) is 3.41. The molecular formula is C25H22N8. The third-order valence-electron chi connectivity index (χ3n) is 6.03. The van der Waals surface area contributed by atoms with E-state index < -0.39 is 0 Å². The molecule has 8 nitrogen and oxygen atoms in total. The molecule has 0 bridgehead atoms. The van der Waals surface area contributed by atoms with Gasteiger partial charge in [-0.2, -0.15) is 10.2 Å². The molecule has 3 N–H and O–H groups in total. The molecule has 0 unspecified atom stereocenters. The topological polar surface area (TPSA) is 99.5 Å². The van der Waals surface area contributed by atoms with Crippen molar-refractivity contribution in [2.75, 3.05) is 11.1 Å². The molecule has 0 radical (unpaired) electrons. The Bertz CT molecular complexity index is 1630. The summed E-state index contributed by atoms with van der Waals surface area (Å²) in [7, 11) is 1.95. The smallest absolute Gasteiger partial charge is 0.137 e. The fourth-order valence-corrected chi connectivity index (χ4v) is 4.30. The molecule has 4 aromatic heterocycles. The van der Waals surface area contributed by atoms with Crippen LogP contribution in [0.2, 0.25) is 0 Å². The van der Waals surface area contributed by atoms with Crippen LogP contribution in [0.25, 0.3) is 32.6 Å². The standard InChI is InChI=1S/C25H22N8/c1-32-22-5-3-17(11-19(22)13-30-32)15-33-23-7-9-28-25(21(23)14-31-33)29-12-16-2-4-20-18(10-16)6-8-27-24(20)26/h2-11,13-14H,12,15H2,1H3,(H2,26,27)(H,28,29). The third kappa shape index (κ3) is 3.41. The van der Waals surface area contributed by atoms with Crippen LogP contribution in [0.15, 0.2) is 73.3 Å². The van der Waals surface area contributed by atoms with Gasteiger partial charge in [0.15, 0.2) is 0 Å². The van der Waals surface area contributed by atoms with Crippen molar-refractivity contribution < 1.29 is 0 Å². The SMILES string of the molecule is Cn1ncc2cc(Cn3ncc4c(NCc5ccc6c(N)nccc6c5)nccc43)ccc21. The van der Waals surface area contributed by atoms with E-state index in [1.807, 2.05) is 53.2 Å². The maximum atomic E-state index is 5.97. The predicted octanol–water partition coefficient (Wildman–Crippen LogP) is 4.11.